The molecule has 1 aromatic heterocycles. The zero-order chi connectivity index (χ0) is 25.3. The highest BCUT2D eigenvalue weighted by atomic mass is 35.5. The molecule has 1 fully saturated rings. The quantitative estimate of drug-likeness (QED) is 0.548. The second kappa shape index (κ2) is 10.0. The van der Waals surface area contributed by atoms with E-state index in [4.69, 9.17) is 22.1 Å². The number of rotatable bonds is 5. The summed E-state index contributed by atoms with van der Waals surface area (Å²) in [4.78, 5) is 38.6. The first-order valence-corrected chi connectivity index (χ1v) is 11.2. The van der Waals surface area contributed by atoms with Crippen molar-refractivity contribution in [3.8, 4) is 0 Å². The lowest BCUT2D eigenvalue weighted by atomic mass is 10.1. The molecule has 3 atom stereocenters. The van der Waals surface area contributed by atoms with E-state index < -0.39 is 36.3 Å². The van der Waals surface area contributed by atoms with Crippen molar-refractivity contribution in [3.05, 3.63) is 70.6 Å². The molecule has 1 aliphatic rings. The molecule has 2 amide bonds. The third-order valence-electron chi connectivity index (χ3n) is 5.86. The minimum atomic E-state index is -1.42. The second-order valence-corrected chi connectivity index (χ2v) is 8.63. The van der Waals surface area contributed by atoms with E-state index in [0.29, 0.717) is 16.5 Å². The van der Waals surface area contributed by atoms with Gasteiger partial charge in [0.1, 0.15) is 18.0 Å². The van der Waals surface area contributed by atoms with Crippen LogP contribution in [-0.2, 0) is 16.1 Å². The molecule has 0 radical (unpaired) electrons. The maximum absolute atomic E-state index is 14.3. The molecule has 8 nitrogen and oxygen atoms in total. The molecule has 184 valence electrons. The van der Waals surface area contributed by atoms with E-state index >= 15 is 0 Å². The van der Waals surface area contributed by atoms with Crippen molar-refractivity contribution in [2.24, 2.45) is 5.73 Å². The molecule has 0 bridgehead atoms. The highest BCUT2D eigenvalue weighted by Gasteiger charge is 2.40. The SMILES string of the molecule is CC(=O)n1cc(C(N)C(=O)N2C[C@H](F)C[C@@H]2OC(=O)NCc2cccc(Cl)c2F)c2ccccc21. The summed E-state index contributed by atoms with van der Waals surface area (Å²) in [6.07, 6.45) is -2.32. The third kappa shape index (κ3) is 4.98. The number of aromatic nitrogens is 1. The average Bonchev–Trinajstić information content (AvgIpc) is 3.39. The first kappa shape index (κ1) is 24.6. The number of hydrogen-bond acceptors (Lipinski definition) is 5. The lowest BCUT2D eigenvalue weighted by Gasteiger charge is -2.26. The highest BCUT2D eigenvalue weighted by Crippen LogP contribution is 2.30. The molecule has 3 aromatic rings. The predicted octanol–water partition coefficient (Wildman–Crippen LogP) is 3.92. The number of fused-ring (bicyclic) bond motifs is 1. The van der Waals surface area contributed by atoms with Gasteiger partial charge in [0.2, 0.25) is 11.8 Å². The van der Waals surface area contributed by atoms with E-state index in [0.717, 1.165) is 4.90 Å². The number of nitrogens with one attached hydrogen (secondary N) is 1. The lowest BCUT2D eigenvalue weighted by Crippen LogP contribution is -2.44. The number of amides is 2. The molecule has 2 aromatic carbocycles. The first-order chi connectivity index (χ1) is 16.7. The summed E-state index contributed by atoms with van der Waals surface area (Å²) in [7, 11) is 0. The first-order valence-electron chi connectivity index (χ1n) is 10.9. The van der Waals surface area contributed by atoms with Gasteiger partial charge in [0.15, 0.2) is 6.23 Å². The van der Waals surface area contributed by atoms with Crippen LogP contribution >= 0.6 is 11.6 Å². The van der Waals surface area contributed by atoms with Crippen LogP contribution < -0.4 is 11.1 Å². The van der Waals surface area contributed by atoms with Gasteiger partial charge < -0.3 is 20.7 Å². The van der Waals surface area contributed by atoms with Crippen LogP contribution in [0.15, 0.2) is 48.7 Å². The van der Waals surface area contributed by atoms with Crippen LogP contribution in [0.2, 0.25) is 5.02 Å². The fraction of sp³-hybridized carbons (Fsp3) is 0.292. The average molecular weight is 505 g/mol. The van der Waals surface area contributed by atoms with Crippen LogP contribution in [0, 0.1) is 5.82 Å². The molecule has 0 aliphatic carbocycles. The van der Waals surface area contributed by atoms with Crippen molar-refractivity contribution in [1.29, 1.82) is 0 Å². The minimum Gasteiger partial charge on any atom is -0.425 e. The zero-order valence-corrected chi connectivity index (χ0v) is 19.5. The summed E-state index contributed by atoms with van der Waals surface area (Å²) < 4.78 is 34.9. The smallest absolute Gasteiger partial charge is 0.409 e. The summed E-state index contributed by atoms with van der Waals surface area (Å²) >= 11 is 5.74. The largest absolute Gasteiger partial charge is 0.425 e. The Kier molecular flexibility index (Phi) is 7.04. The Morgan fingerprint density at radius 1 is 1.23 bits per heavy atom. The predicted molar refractivity (Wildman–Crippen MR) is 125 cm³/mol. The number of ether oxygens (including phenoxy) is 1. The zero-order valence-electron chi connectivity index (χ0n) is 18.7. The van der Waals surface area contributed by atoms with E-state index in [9.17, 15) is 23.2 Å². The number of likely N-dealkylation sites (tertiary alicyclic amines) is 1. The number of halogens is 3. The Balaban J connectivity index is 1.48. The monoisotopic (exact) mass is 504 g/mol. The van der Waals surface area contributed by atoms with Gasteiger partial charge in [-0.3, -0.25) is 14.2 Å². The van der Waals surface area contributed by atoms with Crippen molar-refractivity contribution in [3.63, 3.8) is 0 Å². The second-order valence-electron chi connectivity index (χ2n) is 8.22. The molecule has 11 heteroatoms. The molecule has 4 rings (SSSR count). The van der Waals surface area contributed by atoms with E-state index in [1.807, 2.05) is 0 Å². The maximum Gasteiger partial charge on any atom is 0.409 e. The molecule has 2 heterocycles. The summed E-state index contributed by atoms with van der Waals surface area (Å²) in [5.41, 5.74) is 7.37. The summed E-state index contributed by atoms with van der Waals surface area (Å²) in [6.45, 7) is 0.864. The molecule has 0 spiro atoms. The van der Waals surface area contributed by atoms with Crippen LogP contribution in [0.25, 0.3) is 10.9 Å². The Hall–Kier alpha value is -3.50. The van der Waals surface area contributed by atoms with Gasteiger partial charge in [-0.05, 0) is 12.1 Å². The van der Waals surface area contributed by atoms with Crippen LogP contribution in [0.4, 0.5) is 13.6 Å². The number of benzene rings is 2. The van der Waals surface area contributed by atoms with E-state index in [-0.39, 0.29) is 36.0 Å². The van der Waals surface area contributed by atoms with Gasteiger partial charge in [-0.1, -0.05) is 41.9 Å². The summed E-state index contributed by atoms with van der Waals surface area (Å²) in [5, 5.41) is 2.89. The lowest BCUT2D eigenvalue weighted by molar-refractivity contribution is -0.139. The van der Waals surface area contributed by atoms with Crippen molar-refractivity contribution in [2.45, 2.75) is 38.3 Å². The Bertz CT molecular complexity index is 1300. The molecule has 0 saturated carbocycles. The normalized spacial score (nSPS) is 18.5. The number of carbonyl (C=O) groups is 3. The molecule has 3 N–H and O–H groups in total. The molecular formula is C24H23ClF2N4O4. The standard InChI is InChI=1S/C24H23ClF2N4O4/c1-13(32)30-12-17(16-6-2-3-8-19(16)30)22(28)23(33)31-11-15(26)9-20(31)35-24(34)29-10-14-5-4-7-18(25)21(14)27/h2-8,12,15,20,22H,9-11,28H2,1H3,(H,29,34)/t15-,20+,22?/m1/s1. The fourth-order valence-corrected chi connectivity index (χ4v) is 4.33. The van der Waals surface area contributed by atoms with Gasteiger partial charge in [-0.25, -0.2) is 13.6 Å². The van der Waals surface area contributed by atoms with Gasteiger partial charge in [0.25, 0.3) is 0 Å². The van der Waals surface area contributed by atoms with Crippen molar-refractivity contribution < 1.29 is 27.9 Å². The van der Waals surface area contributed by atoms with E-state index in [1.54, 1.807) is 24.3 Å². The van der Waals surface area contributed by atoms with Gasteiger partial charge in [-0.2, -0.15) is 0 Å². The van der Waals surface area contributed by atoms with Gasteiger partial charge >= 0.3 is 6.09 Å². The Morgan fingerprint density at radius 2 is 1.97 bits per heavy atom. The number of nitrogens with zero attached hydrogens (tertiary/aromatic N) is 2. The van der Waals surface area contributed by atoms with Gasteiger partial charge in [0.05, 0.1) is 17.1 Å². The number of alkyl carbamates (subject to hydrolysis) is 1. The molecular weight excluding hydrogens is 482 g/mol. The van der Waals surface area contributed by atoms with Crippen LogP contribution in [0.1, 0.15) is 35.3 Å². The summed E-state index contributed by atoms with van der Waals surface area (Å²) in [5.74, 6) is -1.59. The van der Waals surface area contributed by atoms with Gasteiger partial charge in [-0.15, -0.1) is 0 Å². The number of hydrogen-bond donors (Lipinski definition) is 2. The molecule has 1 unspecified atom stereocenters. The van der Waals surface area contributed by atoms with Crippen LogP contribution in [-0.4, -0.2) is 46.3 Å². The van der Waals surface area contributed by atoms with Crippen LogP contribution in [0.5, 0.6) is 0 Å². The minimum absolute atomic E-state index is 0.0920. The maximum atomic E-state index is 14.3. The van der Waals surface area contributed by atoms with Crippen molar-refractivity contribution in [1.82, 2.24) is 14.8 Å². The molecule has 1 saturated heterocycles. The summed E-state index contributed by atoms with van der Waals surface area (Å²) in [6, 6.07) is 10.1. The Morgan fingerprint density at radius 3 is 2.71 bits per heavy atom. The number of carbonyl (C=O) groups excluding carboxylic acids is 3. The third-order valence-corrected chi connectivity index (χ3v) is 6.16. The number of nitrogens with two attached hydrogens (primary N) is 1. The van der Waals surface area contributed by atoms with Crippen molar-refractivity contribution in [2.75, 3.05) is 6.54 Å². The van der Waals surface area contributed by atoms with Crippen LogP contribution in [0.3, 0.4) is 0 Å². The van der Waals surface area contributed by atoms with E-state index in [1.165, 1.54) is 35.9 Å². The van der Waals surface area contributed by atoms with E-state index in [2.05, 4.69) is 5.32 Å². The molecule has 35 heavy (non-hydrogen) atoms. The number of alkyl halides is 1. The fourth-order valence-electron chi connectivity index (χ4n) is 4.14. The highest BCUT2D eigenvalue weighted by molar-refractivity contribution is 6.30. The van der Waals surface area contributed by atoms with Crippen molar-refractivity contribution >= 4 is 40.4 Å². The van der Waals surface area contributed by atoms with Gasteiger partial charge in [0, 0.05) is 42.6 Å². The number of para-hydroxylation sites is 1. The molecule has 1 aliphatic heterocycles. The Labute approximate surface area is 204 Å². The topological polar surface area (TPSA) is 107 Å².